The number of hydrogen-bond acceptors (Lipinski definition) is 4. The number of para-hydroxylation sites is 3. The first-order valence-electron chi connectivity index (χ1n) is 8.07. The van der Waals surface area contributed by atoms with Gasteiger partial charge in [0.05, 0.1) is 19.9 Å². The van der Waals surface area contributed by atoms with E-state index in [1.54, 1.807) is 30.3 Å². The molecule has 0 heterocycles. The predicted molar refractivity (Wildman–Crippen MR) is 100 cm³/mol. The van der Waals surface area contributed by atoms with Crippen molar-refractivity contribution in [3.8, 4) is 23.0 Å². The highest BCUT2D eigenvalue weighted by Gasteiger charge is 2.19. The van der Waals surface area contributed by atoms with Crippen LogP contribution < -0.4 is 19.5 Å². The average Bonchev–Trinajstić information content (AvgIpc) is 2.69. The lowest BCUT2D eigenvalue weighted by molar-refractivity contribution is 0.102. The molecule has 3 aromatic rings. The van der Waals surface area contributed by atoms with Crippen molar-refractivity contribution in [1.82, 2.24) is 0 Å². The molecule has 0 aliphatic heterocycles. The third kappa shape index (κ3) is 3.78. The number of carbonyl (C=O) groups is 1. The third-order valence-electron chi connectivity index (χ3n) is 3.76. The van der Waals surface area contributed by atoms with Crippen LogP contribution in [0.5, 0.6) is 23.0 Å². The molecule has 0 bridgehead atoms. The number of ether oxygens (including phenoxy) is 3. The molecule has 5 heteroatoms. The molecule has 0 saturated heterocycles. The Bertz CT molecular complexity index is 871. The molecule has 0 fully saturated rings. The number of methoxy groups -OCH3 is 2. The normalized spacial score (nSPS) is 10.1. The van der Waals surface area contributed by atoms with Gasteiger partial charge in [-0.05, 0) is 36.4 Å². The van der Waals surface area contributed by atoms with Crippen molar-refractivity contribution in [2.75, 3.05) is 19.5 Å². The SMILES string of the molecule is COc1cccc(OC)c1C(=O)Nc1ccccc1Oc1ccccc1. The Morgan fingerprint density at radius 1 is 0.731 bits per heavy atom. The molecule has 132 valence electrons. The van der Waals surface area contributed by atoms with E-state index in [-0.39, 0.29) is 5.91 Å². The lowest BCUT2D eigenvalue weighted by Crippen LogP contribution is -2.15. The van der Waals surface area contributed by atoms with Gasteiger partial charge in [-0.2, -0.15) is 0 Å². The molecule has 0 aliphatic carbocycles. The van der Waals surface area contributed by atoms with Crippen molar-refractivity contribution in [2.24, 2.45) is 0 Å². The van der Waals surface area contributed by atoms with Gasteiger partial charge < -0.3 is 19.5 Å². The maximum atomic E-state index is 12.9. The second-order valence-corrected chi connectivity index (χ2v) is 5.40. The quantitative estimate of drug-likeness (QED) is 0.698. The molecule has 1 amide bonds. The van der Waals surface area contributed by atoms with Gasteiger partial charge in [0, 0.05) is 0 Å². The largest absolute Gasteiger partial charge is 0.496 e. The number of hydrogen-bond donors (Lipinski definition) is 1. The van der Waals surface area contributed by atoms with Crippen molar-refractivity contribution in [3.63, 3.8) is 0 Å². The minimum absolute atomic E-state index is 0.326. The lowest BCUT2D eigenvalue weighted by atomic mass is 10.1. The zero-order valence-electron chi connectivity index (χ0n) is 14.6. The van der Waals surface area contributed by atoms with E-state index in [2.05, 4.69) is 5.32 Å². The Morgan fingerprint density at radius 2 is 1.31 bits per heavy atom. The molecule has 0 aliphatic rings. The summed E-state index contributed by atoms with van der Waals surface area (Å²) in [5.74, 6) is 1.75. The van der Waals surface area contributed by atoms with Crippen LogP contribution in [-0.2, 0) is 0 Å². The van der Waals surface area contributed by atoms with E-state index in [0.717, 1.165) is 0 Å². The highest BCUT2D eigenvalue weighted by Crippen LogP contribution is 2.32. The first-order chi connectivity index (χ1) is 12.7. The number of amides is 1. The van der Waals surface area contributed by atoms with Gasteiger partial charge in [0.2, 0.25) is 0 Å². The minimum Gasteiger partial charge on any atom is -0.496 e. The number of anilines is 1. The smallest absolute Gasteiger partial charge is 0.263 e. The molecule has 0 unspecified atom stereocenters. The molecule has 26 heavy (non-hydrogen) atoms. The maximum absolute atomic E-state index is 12.9. The summed E-state index contributed by atoms with van der Waals surface area (Å²) in [6.45, 7) is 0. The van der Waals surface area contributed by atoms with Gasteiger partial charge in [-0.15, -0.1) is 0 Å². The van der Waals surface area contributed by atoms with Crippen LogP contribution in [0.3, 0.4) is 0 Å². The highest BCUT2D eigenvalue weighted by atomic mass is 16.5. The van der Waals surface area contributed by atoms with Crippen molar-refractivity contribution in [3.05, 3.63) is 78.4 Å². The van der Waals surface area contributed by atoms with E-state index >= 15 is 0 Å². The van der Waals surface area contributed by atoms with Crippen LogP contribution in [0, 0.1) is 0 Å². The second-order valence-electron chi connectivity index (χ2n) is 5.40. The summed E-state index contributed by atoms with van der Waals surface area (Å²) in [4.78, 5) is 12.9. The first-order valence-corrected chi connectivity index (χ1v) is 8.07. The van der Waals surface area contributed by atoms with Gasteiger partial charge in [-0.25, -0.2) is 0 Å². The van der Waals surface area contributed by atoms with Gasteiger partial charge >= 0.3 is 0 Å². The molecule has 0 aromatic heterocycles. The van der Waals surface area contributed by atoms with E-state index in [1.165, 1.54) is 14.2 Å². The van der Waals surface area contributed by atoms with Crippen LogP contribution in [0.25, 0.3) is 0 Å². The Labute approximate surface area is 152 Å². The monoisotopic (exact) mass is 349 g/mol. The fraction of sp³-hybridized carbons (Fsp3) is 0.0952. The summed E-state index contributed by atoms with van der Waals surface area (Å²) in [5.41, 5.74) is 0.876. The van der Waals surface area contributed by atoms with Gasteiger partial charge in [-0.3, -0.25) is 4.79 Å². The van der Waals surface area contributed by atoms with Crippen LogP contribution in [0.4, 0.5) is 5.69 Å². The van der Waals surface area contributed by atoms with Gasteiger partial charge in [0.25, 0.3) is 5.91 Å². The summed E-state index contributed by atoms with van der Waals surface area (Å²) in [5, 5.41) is 2.87. The van der Waals surface area contributed by atoms with Crippen molar-refractivity contribution in [2.45, 2.75) is 0 Å². The summed E-state index contributed by atoms with van der Waals surface area (Å²) in [6, 6.07) is 21.8. The minimum atomic E-state index is -0.344. The zero-order valence-corrected chi connectivity index (χ0v) is 14.6. The molecule has 3 aromatic carbocycles. The summed E-state index contributed by atoms with van der Waals surface area (Å²) < 4.78 is 16.5. The predicted octanol–water partition coefficient (Wildman–Crippen LogP) is 4.75. The van der Waals surface area contributed by atoms with E-state index in [4.69, 9.17) is 14.2 Å². The number of benzene rings is 3. The molecule has 0 radical (unpaired) electrons. The molecular formula is C21H19NO4. The van der Waals surface area contributed by atoms with Gasteiger partial charge in [0.15, 0.2) is 5.75 Å². The topological polar surface area (TPSA) is 56.8 Å². The van der Waals surface area contributed by atoms with Gasteiger partial charge in [0.1, 0.15) is 22.8 Å². The Balaban J connectivity index is 1.89. The Morgan fingerprint density at radius 3 is 1.96 bits per heavy atom. The van der Waals surface area contributed by atoms with E-state index in [9.17, 15) is 4.79 Å². The number of carbonyl (C=O) groups excluding carboxylic acids is 1. The Kier molecular flexibility index (Phi) is 5.39. The van der Waals surface area contributed by atoms with Crippen molar-refractivity contribution in [1.29, 1.82) is 0 Å². The fourth-order valence-electron chi connectivity index (χ4n) is 2.53. The number of rotatable bonds is 6. The molecule has 0 atom stereocenters. The summed E-state index contributed by atoms with van der Waals surface area (Å²) >= 11 is 0. The van der Waals surface area contributed by atoms with Crippen LogP contribution in [0.2, 0.25) is 0 Å². The van der Waals surface area contributed by atoms with Crippen LogP contribution in [0.15, 0.2) is 72.8 Å². The maximum Gasteiger partial charge on any atom is 0.263 e. The van der Waals surface area contributed by atoms with E-state index in [0.29, 0.717) is 34.2 Å². The molecule has 3 rings (SSSR count). The summed E-state index contributed by atoms with van der Waals surface area (Å²) in [6.07, 6.45) is 0. The standard InChI is InChI=1S/C21H19NO4/c1-24-18-13-8-14-19(25-2)20(18)21(23)22-16-11-6-7-12-17(16)26-15-9-4-3-5-10-15/h3-14H,1-2H3,(H,22,23). The molecule has 1 N–H and O–H groups in total. The Hall–Kier alpha value is -3.47. The molecular weight excluding hydrogens is 330 g/mol. The fourth-order valence-corrected chi connectivity index (χ4v) is 2.53. The van der Waals surface area contributed by atoms with Crippen molar-refractivity contribution >= 4 is 11.6 Å². The molecule has 0 spiro atoms. The molecule has 5 nitrogen and oxygen atoms in total. The first kappa shape index (κ1) is 17.4. The highest BCUT2D eigenvalue weighted by molar-refractivity contribution is 6.08. The van der Waals surface area contributed by atoms with Gasteiger partial charge in [-0.1, -0.05) is 36.4 Å². The average molecular weight is 349 g/mol. The third-order valence-corrected chi connectivity index (χ3v) is 3.76. The lowest BCUT2D eigenvalue weighted by Gasteiger charge is -2.15. The van der Waals surface area contributed by atoms with Crippen LogP contribution in [-0.4, -0.2) is 20.1 Å². The van der Waals surface area contributed by atoms with E-state index in [1.807, 2.05) is 42.5 Å². The van der Waals surface area contributed by atoms with Crippen LogP contribution >= 0.6 is 0 Å². The van der Waals surface area contributed by atoms with E-state index < -0.39 is 0 Å². The zero-order chi connectivity index (χ0) is 18.4. The van der Waals surface area contributed by atoms with Crippen molar-refractivity contribution < 1.29 is 19.0 Å². The van der Waals surface area contributed by atoms with Crippen LogP contribution in [0.1, 0.15) is 10.4 Å². The molecule has 0 saturated carbocycles. The summed E-state index contributed by atoms with van der Waals surface area (Å²) in [7, 11) is 3.02. The number of nitrogens with one attached hydrogen (secondary N) is 1. The second kappa shape index (κ2) is 8.07.